The van der Waals surface area contributed by atoms with Gasteiger partial charge in [-0.1, -0.05) is 6.92 Å². The van der Waals surface area contributed by atoms with Gasteiger partial charge in [-0.15, -0.1) is 0 Å². The van der Waals surface area contributed by atoms with E-state index in [0.717, 1.165) is 12.0 Å². The summed E-state index contributed by atoms with van der Waals surface area (Å²) in [6.07, 6.45) is 0.736. The lowest BCUT2D eigenvalue weighted by Gasteiger charge is -2.26. The molecular weight excluding hydrogens is 244 g/mol. The number of hydrogen-bond acceptors (Lipinski definition) is 4. The Balaban J connectivity index is 3.10. The van der Waals surface area contributed by atoms with Crippen molar-refractivity contribution in [1.29, 1.82) is 0 Å². The van der Waals surface area contributed by atoms with E-state index in [9.17, 15) is 5.11 Å². The van der Waals surface area contributed by atoms with E-state index in [1.165, 1.54) is 0 Å². The molecule has 0 aromatic heterocycles. The molecule has 0 radical (unpaired) electrons. The standard InChI is InChI=1S/C15H24O4/c1-10(15(2,3)16)7-11-8-12(17-4)14(19-6)13(9-11)18-5/h8-10,16H,7H2,1-6H3. The van der Waals surface area contributed by atoms with E-state index < -0.39 is 5.60 Å². The van der Waals surface area contributed by atoms with Crippen LogP contribution in [0.15, 0.2) is 12.1 Å². The van der Waals surface area contributed by atoms with E-state index in [4.69, 9.17) is 14.2 Å². The minimum Gasteiger partial charge on any atom is -0.493 e. The summed E-state index contributed by atoms with van der Waals surface area (Å²) in [4.78, 5) is 0. The van der Waals surface area contributed by atoms with Crippen LogP contribution in [0.2, 0.25) is 0 Å². The van der Waals surface area contributed by atoms with Crippen LogP contribution in [0.25, 0.3) is 0 Å². The molecule has 0 aliphatic rings. The molecule has 19 heavy (non-hydrogen) atoms. The summed E-state index contributed by atoms with van der Waals surface area (Å²) in [5.74, 6) is 1.99. The molecule has 1 aromatic carbocycles. The van der Waals surface area contributed by atoms with Gasteiger partial charge in [-0.2, -0.15) is 0 Å². The van der Waals surface area contributed by atoms with Crippen LogP contribution in [-0.2, 0) is 6.42 Å². The molecule has 0 saturated heterocycles. The Hall–Kier alpha value is -1.42. The highest BCUT2D eigenvalue weighted by atomic mass is 16.5. The lowest BCUT2D eigenvalue weighted by molar-refractivity contribution is 0.0250. The van der Waals surface area contributed by atoms with Crippen LogP contribution in [0.5, 0.6) is 17.2 Å². The minimum absolute atomic E-state index is 0.121. The van der Waals surface area contributed by atoms with Gasteiger partial charge in [0.05, 0.1) is 26.9 Å². The quantitative estimate of drug-likeness (QED) is 0.861. The number of rotatable bonds is 6. The molecule has 108 valence electrons. The maximum atomic E-state index is 10.0. The van der Waals surface area contributed by atoms with Crippen molar-refractivity contribution >= 4 is 0 Å². The third-order valence-electron chi connectivity index (χ3n) is 3.47. The lowest BCUT2D eigenvalue weighted by Crippen LogP contribution is -2.30. The monoisotopic (exact) mass is 268 g/mol. The molecule has 1 unspecified atom stereocenters. The predicted octanol–water partition coefficient (Wildman–Crippen LogP) is 2.66. The summed E-state index contributed by atoms with van der Waals surface area (Å²) >= 11 is 0. The smallest absolute Gasteiger partial charge is 0.203 e. The average Bonchev–Trinajstić information content (AvgIpc) is 2.36. The van der Waals surface area contributed by atoms with Crippen molar-refractivity contribution < 1.29 is 19.3 Å². The first-order valence-corrected chi connectivity index (χ1v) is 6.34. The van der Waals surface area contributed by atoms with Crippen LogP contribution in [0, 0.1) is 5.92 Å². The third-order valence-corrected chi connectivity index (χ3v) is 3.47. The van der Waals surface area contributed by atoms with Gasteiger partial charge in [-0.25, -0.2) is 0 Å². The SMILES string of the molecule is COc1cc(CC(C)C(C)(C)O)cc(OC)c1OC. The molecule has 4 nitrogen and oxygen atoms in total. The Bertz CT molecular complexity index is 396. The first-order valence-electron chi connectivity index (χ1n) is 6.34. The van der Waals surface area contributed by atoms with Gasteiger partial charge in [0.2, 0.25) is 5.75 Å². The zero-order chi connectivity index (χ0) is 14.6. The van der Waals surface area contributed by atoms with Gasteiger partial charge >= 0.3 is 0 Å². The summed E-state index contributed by atoms with van der Waals surface area (Å²) < 4.78 is 15.9. The summed E-state index contributed by atoms with van der Waals surface area (Å²) in [7, 11) is 4.78. The van der Waals surface area contributed by atoms with Crippen LogP contribution < -0.4 is 14.2 Å². The van der Waals surface area contributed by atoms with Crippen molar-refractivity contribution in [3.63, 3.8) is 0 Å². The first kappa shape index (κ1) is 15.6. The van der Waals surface area contributed by atoms with Crippen LogP contribution in [0.3, 0.4) is 0 Å². The molecule has 0 saturated carbocycles. The van der Waals surface area contributed by atoms with E-state index in [-0.39, 0.29) is 5.92 Å². The molecule has 4 heteroatoms. The second kappa shape index (κ2) is 6.15. The molecule has 1 N–H and O–H groups in total. The molecule has 1 rings (SSSR count). The van der Waals surface area contributed by atoms with E-state index in [1.807, 2.05) is 32.9 Å². The van der Waals surface area contributed by atoms with Crippen LogP contribution in [0.1, 0.15) is 26.3 Å². The predicted molar refractivity (Wildman–Crippen MR) is 75.3 cm³/mol. The highest BCUT2D eigenvalue weighted by molar-refractivity contribution is 5.53. The zero-order valence-corrected chi connectivity index (χ0v) is 12.6. The molecule has 0 fully saturated rings. The van der Waals surface area contributed by atoms with Gasteiger partial charge in [0, 0.05) is 0 Å². The second-order valence-corrected chi connectivity index (χ2v) is 5.29. The van der Waals surface area contributed by atoms with Gasteiger partial charge in [-0.3, -0.25) is 0 Å². The summed E-state index contributed by atoms with van der Waals surface area (Å²) in [5.41, 5.74) is 0.324. The van der Waals surface area contributed by atoms with Crippen molar-refractivity contribution in [2.45, 2.75) is 32.8 Å². The number of hydrogen-bond donors (Lipinski definition) is 1. The van der Waals surface area contributed by atoms with E-state index in [1.54, 1.807) is 21.3 Å². The largest absolute Gasteiger partial charge is 0.493 e. The molecule has 0 bridgehead atoms. The number of benzene rings is 1. The number of aliphatic hydroxyl groups is 1. The van der Waals surface area contributed by atoms with Crippen molar-refractivity contribution in [3.8, 4) is 17.2 Å². The normalized spacial score (nSPS) is 13.0. The number of methoxy groups -OCH3 is 3. The Morgan fingerprint density at radius 2 is 1.53 bits per heavy atom. The van der Waals surface area contributed by atoms with Crippen LogP contribution >= 0.6 is 0 Å². The van der Waals surface area contributed by atoms with E-state index in [0.29, 0.717) is 17.2 Å². The second-order valence-electron chi connectivity index (χ2n) is 5.29. The molecule has 1 aromatic rings. The summed E-state index contributed by atoms with van der Waals surface area (Å²) in [6, 6.07) is 3.84. The molecule has 1 atom stereocenters. The van der Waals surface area contributed by atoms with Gasteiger partial charge in [0.1, 0.15) is 0 Å². The lowest BCUT2D eigenvalue weighted by atomic mass is 9.87. The molecular formula is C15H24O4. The maximum absolute atomic E-state index is 10.0. The van der Waals surface area contributed by atoms with Crippen LogP contribution in [0.4, 0.5) is 0 Å². The summed E-state index contributed by atoms with van der Waals surface area (Å²) in [5, 5.41) is 10.0. The zero-order valence-electron chi connectivity index (χ0n) is 12.6. The molecule has 0 aliphatic heterocycles. The fourth-order valence-electron chi connectivity index (χ4n) is 1.86. The minimum atomic E-state index is -0.722. The topological polar surface area (TPSA) is 47.9 Å². The molecule has 0 spiro atoms. The van der Waals surface area contributed by atoms with E-state index in [2.05, 4.69) is 0 Å². The van der Waals surface area contributed by atoms with Gasteiger partial charge in [0.25, 0.3) is 0 Å². The van der Waals surface area contributed by atoms with E-state index >= 15 is 0 Å². The Morgan fingerprint density at radius 3 is 1.84 bits per heavy atom. The third kappa shape index (κ3) is 3.77. The summed E-state index contributed by atoms with van der Waals surface area (Å²) in [6.45, 7) is 5.65. The van der Waals surface area contributed by atoms with Crippen molar-refractivity contribution in [1.82, 2.24) is 0 Å². The Morgan fingerprint density at radius 1 is 1.05 bits per heavy atom. The van der Waals surface area contributed by atoms with Crippen molar-refractivity contribution in [3.05, 3.63) is 17.7 Å². The maximum Gasteiger partial charge on any atom is 0.203 e. The highest BCUT2D eigenvalue weighted by Crippen LogP contribution is 2.39. The van der Waals surface area contributed by atoms with Gasteiger partial charge < -0.3 is 19.3 Å². The molecule has 0 amide bonds. The Labute approximate surface area is 115 Å². The average molecular weight is 268 g/mol. The molecule has 0 aliphatic carbocycles. The fraction of sp³-hybridized carbons (Fsp3) is 0.600. The van der Waals surface area contributed by atoms with Crippen molar-refractivity contribution in [2.75, 3.05) is 21.3 Å². The Kier molecular flexibility index (Phi) is 5.06. The highest BCUT2D eigenvalue weighted by Gasteiger charge is 2.23. The van der Waals surface area contributed by atoms with Crippen molar-refractivity contribution in [2.24, 2.45) is 5.92 Å². The first-order chi connectivity index (χ1) is 8.83. The number of ether oxygens (including phenoxy) is 3. The van der Waals surface area contributed by atoms with Gasteiger partial charge in [0.15, 0.2) is 11.5 Å². The van der Waals surface area contributed by atoms with Crippen LogP contribution in [-0.4, -0.2) is 32.0 Å². The fourth-order valence-corrected chi connectivity index (χ4v) is 1.86. The van der Waals surface area contributed by atoms with Gasteiger partial charge in [-0.05, 0) is 43.9 Å². The molecule has 0 heterocycles.